The van der Waals surface area contributed by atoms with Crippen molar-refractivity contribution in [3.63, 3.8) is 0 Å². The van der Waals surface area contributed by atoms with E-state index in [1.54, 1.807) is 13.2 Å². The highest BCUT2D eigenvalue weighted by Gasteiger charge is 2.07. The Morgan fingerprint density at radius 3 is 2.77 bits per heavy atom. The number of hydrogen-bond donors (Lipinski definition) is 1. The molecule has 0 atom stereocenters. The van der Waals surface area contributed by atoms with E-state index in [-0.39, 0.29) is 0 Å². The SMILES string of the molecule is COc1cccc(CCN)c1CF. The molecule has 0 aromatic heterocycles. The third-order valence-electron chi connectivity index (χ3n) is 2.00. The zero-order chi connectivity index (χ0) is 9.68. The molecule has 2 nitrogen and oxygen atoms in total. The first-order chi connectivity index (χ1) is 6.33. The van der Waals surface area contributed by atoms with Crippen LogP contribution in [0.1, 0.15) is 11.1 Å². The molecule has 0 bridgehead atoms. The van der Waals surface area contributed by atoms with Crippen LogP contribution in [0.15, 0.2) is 18.2 Å². The number of alkyl halides is 1. The molecular formula is C10H14FNO. The molecule has 0 aliphatic rings. The maximum atomic E-state index is 12.6. The van der Waals surface area contributed by atoms with Gasteiger partial charge in [-0.1, -0.05) is 12.1 Å². The lowest BCUT2D eigenvalue weighted by Gasteiger charge is -2.09. The average Bonchev–Trinajstić information content (AvgIpc) is 2.18. The van der Waals surface area contributed by atoms with Gasteiger partial charge in [-0.3, -0.25) is 0 Å². The molecule has 0 fully saturated rings. The van der Waals surface area contributed by atoms with Crippen LogP contribution in [-0.2, 0) is 13.1 Å². The second-order valence-corrected chi connectivity index (χ2v) is 2.77. The summed E-state index contributed by atoms with van der Waals surface area (Å²) in [6, 6.07) is 5.49. The third kappa shape index (κ3) is 2.18. The van der Waals surface area contributed by atoms with Gasteiger partial charge >= 0.3 is 0 Å². The number of rotatable bonds is 4. The van der Waals surface area contributed by atoms with Gasteiger partial charge in [-0.25, -0.2) is 4.39 Å². The van der Waals surface area contributed by atoms with Gasteiger partial charge in [0.1, 0.15) is 12.4 Å². The van der Waals surface area contributed by atoms with Crippen molar-refractivity contribution in [1.82, 2.24) is 0 Å². The second kappa shape index (κ2) is 4.82. The summed E-state index contributed by atoms with van der Waals surface area (Å²) in [5.41, 5.74) is 6.97. The smallest absolute Gasteiger partial charge is 0.124 e. The summed E-state index contributed by atoms with van der Waals surface area (Å²) in [6.07, 6.45) is 0.691. The van der Waals surface area contributed by atoms with Gasteiger partial charge in [0.05, 0.1) is 7.11 Å². The van der Waals surface area contributed by atoms with Gasteiger partial charge in [0.25, 0.3) is 0 Å². The van der Waals surface area contributed by atoms with Crippen LogP contribution in [-0.4, -0.2) is 13.7 Å². The summed E-state index contributed by atoms with van der Waals surface area (Å²) in [7, 11) is 1.54. The fourth-order valence-corrected chi connectivity index (χ4v) is 1.34. The molecule has 0 radical (unpaired) electrons. The molecular weight excluding hydrogens is 169 g/mol. The van der Waals surface area contributed by atoms with Crippen LogP contribution >= 0.6 is 0 Å². The minimum Gasteiger partial charge on any atom is -0.496 e. The molecule has 0 aliphatic carbocycles. The highest BCUT2D eigenvalue weighted by molar-refractivity contribution is 5.40. The first-order valence-electron chi connectivity index (χ1n) is 4.24. The molecule has 3 heteroatoms. The molecule has 1 rings (SSSR count). The Hall–Kier alpha value is -1.09. The summed E-state index contributed by atoms with van der Waals surface area (Å²) in [5, 5.41) is 0. The number of nitrogens with two attached hydrogens (primary N) is 1. The Morgan fingerprint density at radius 2 is 2.23 bits per heavy atom. The molecule has 0 amide bonds. The fourth-order valence-electron chi connectivity index (χ4n) is 1.34. The lowest BCUT2D eigenvalue weighted by molar-refractivity contribution is 0.392. The lowest BCUT2D eigenvalue weighted by Crippen LogP contribution is -2.05. The highest BCUT2D eigenvalue weighted by Crippen LogP contribution is 2.23. The molecule has 0 saturated heterocycles. The maximum Gasteiger partial charge on any atom is 0.124 e. The average molecular weight is 183 g/mol. The van der Waals surface area contributed by atoms with Crippen molar-refractivity contribution in [2.45, 2.75) is 13.1 Å². The van der Waals surface area contributed by atoms with E-state index in [9.17, 15) is 4.39 Å². The number of hydrogen-bond acceptors (Lipinski definition) is 2. The molecule has 1 aromatic rings. The Morgan fingerprint density at radius 1 is 1.46 bits per heavy atom. The van der Waals surface area contributed by atoms with E-state index in [2.05, 4.69) is 0 Å². The molecule has 0 heterocycles. The van der Waals surface area contributed by atoms with E-state index in [4.69, 9.17) is 10.5 Å². The van der Waals surface area contributed by atoms with E-state index in [0.29, 0.717) is 24.3 Å². The minimum atomic E-state index is -0.501. The van der Waals surface area contributed by atoms with Gasteiger partial charge in [0.15, 0.2) is 0 Å². The number of methoxy groups -OCH3 is 1. The Kier molecular flexibility index (Phi) is 3.71. The normalized spacial score (nSPS) is 10.1. The first kappa shape index (κ1) is 9.99. The van der Waals surface area contributed by atoms with Crippen molar-refractivity contribution in [1.29, 1.82) is 0 Å². The molecule has 13 heavy (non-hydrogen) atoms. The zero-order valence-corrected chi connectivity index (χ0v) is 7.72. The third-order valence-corrected chi connectivity index (χ3v) is 2.00. The maximum absolute atomic E-state index is 12.6. The molecule has 2 N–H and O–H groups in total. The van der Waals surface area contributed by atoms with Crippen LogP contribution in [0.2, 0.25) is 0 Å². The molecule has 0 aliphatic heterocycles. The summed E-state index contributed by atoms with van der Waals surface area (Å²) in [6.45, 7) is 0.0273. The van der Waals surface area contributed by atoms with Crippen molar-refractivity contribution < 1.29 is 9.13 Å². The van der Waals surface area contributed by atoms with E-state index in [0.717, 1.165) is 5.56 Å². The van der Waals surface area contributed by atoms with E-state index in [1.807, 2.05) is 12.1 Å². The van der Waals surface area contributed by atoms with Gasteiger partial charge in [0, 0.05) is 5.56 Å². The van der Waals surface area contributed by atoms with Crippen LogP contribution in [0.25, 0.3) is 0 Å². The van der Waals surface area contributed by atoms with Crippen LogP contribution in [0, 0.1) is 0 Å². The van der Waals surface area contributed by atoms with Crippen LogP contribution in [0.4, 0.5) is 4.39 Å². The van der Waals surface area contributed by atoms with Crippen LogP contribution in [0.5, 0.6) is 5.75 Å². The summed E-state index contributed by atoms with van der Waals surface area (Å²) in [5.74, 6) is 0.605. The van der Waals surface area contributed by atoms with Crippen LogP contribution < -0.4 is 10.5 Å². The van der Waals surface area contributed by atoms with Crippen LogP contribution in [0.3, 0.4) is 0 Å². The molecule has 0 unspecified atom stereocenters. The van der Waals surface area contributed by atoms with Gasteiger partial charge in [-0.2, -0.15) is 0 Å². The van der Waals surface area contributed by atoms with Gasteiger partial charge in [0.2, 0.25) is 0 Å². The number of halogens is 1. The molecule has 0 saturated carbocycles. The Labute approximate surface area is 77.5 Å². The second-order valence-electron chi connectivity index (χ2n) is 2.77. The van der Waals surface area contributed by atoms with E-state index < -0.39 is 6.67 Å². The predicted molar refractivity (Wildman–Crippen MR) is 50.6 cm³/mol. The fraction of sp³-hybridized carbons (Fsp3) is 0.400. The predicted octanol–water partition coefficient (Wildman–Crippen LogP) is 1.67. The van der Waals surface area contributed by atoms with Crippen molar-refractivity contribution >= 4 is 0 Å². The molecule has 0 spiro atoms. The van der Waals surface area contributed by atoms with Crippen molar-refractivity contribution in [3.8, 4) is 5.75 Å². The van der Waals surface area contributed by atoms with Crippen molar-refractivity contribution in [2.24, 2.45) is 5.73 Å². The summed E-state index contributed by atoms with van der Waals surface area (Å²) >= 11 is 0. The topological polar surface area (TPSA) is 35.2 Å². The highest BCUT2D eigenvalue weighted by atomic mass is 19.1. The number of ether oxygens (including phenoxy) is 1. The minimum absolute atomic E-state index is 0.501. The molecule has 1 aromatic carbocycles. The monoisotopic (exact) mass is 183 g/mol. The zero-order valence-electron chi connectivity index (χ0n) is 7.72. The van der Waals surface area contributed by atoms with Gasteiger partial charge < -0.3 is 10.5 Å². The Balaban J connectivity index is 3.03. The Bertz CT molecular complexity index is 276. The van der Waals surface area contributed by atoms with Crippen molar-refractivity contribution in [3.05, 3.63) is 29.3 Å². The lowest BCUT2D eigenvalue weighted by atomic mass is 10.0. The van der Waals surface area contributed by atoms with E-state index >= 15 is 0 Å². The number of benzene rings is 1. The van der Waals surface area contributed by atoms with Gasteiger partial charge in [-0.15, -0.1) is 0 Å². The largest absolute Gasteiger partial charge is 0.496 e. The summed E-state index contributed by atoms with van der Waals surface area (Å²) < 4.78 is 17.7. The standard InChI is InChI=1S/C10H14FNO/c1-13-10-4-2-3-8(5-6-12)9(10)7-11/h2-4H,5-7,12H2,1H3. The van der Waals surface area contributed by atoms with Crippen molar-refractivity contribution in [2.75, 3.05) is 13.7 Å². The van der Waals surface area contributed by atoms with E-state index in [1.165, 1.54) is 0 Å². The summed E-state index contributed by atoms with van der Waals surface area (Å²) in [4.78, 5) is 0. The first-order valence-corrected chi connectivity index (χ1v) is 4.24. The molecule has 72 valence electrons. The van der Waals surface area contributed by atoms with Gasteiger partial charge in [-0.05, 0) is 24.6 Å². The quantitative estimate of drug-likeness (QED) is 0.770.